The molecule has 0 aliphatic heterocycles. The first-order chi connectivity index (χ1) is 11.0. The minimum Gasteiger partial charge on any atom is -0.493 e. The standard InChI is InChI=1S/C17H14BrFO4/c1-22-15-9-13(18)8-12(4-7-16(20)21)17(15)23-10-11-2-5-14(19)6-3-11/h2-9H,10H2,1H3,(H,20,21). The van der Waals surface area contributed by atoms with E-state index < -0.39 is 5.97 Å². The Labute approximate surface area is 141 Å². The van der Waals surface area contributed by atoms with Crippen molar-refractivity contribution in [3.63, 3.8) is 0 Å². The normalized spacial score (nSPS) is 10.7. The summed E-state index contributed by atoms with van der Waals surface area (Å²) >= 11 is 3.34. The smallest absolute Gasteiger partial charge is 0.328 e. The molecule has 0 fully saturated rings. The molecule has 0 aliphatic rings. The van der Waals surface area contributed by atoms with E-state index in [1.54, 1.807) is 24.3 Å². The van der Waals surface area contributed by atoms with Gasteiger partial charge < -0.3 is 14.6 Å². The number of ether oxygens (including phenoxy) is 2. The van der Waals surface area contributed by atoms with Crippen molar-refractivity contribution < 1.29 is 23.8 Å². The fraction of sp³-hybridized carbons (Fsp3) is 0.118. The molecule has 0 bridgehead atoms. The summed E-state index contributed by atoms with van der Waals surface area (Å²) in [7, 11) is 1.50. The van der Waals surface area contributed by atoms with Gasteiger partial charge in [-0.15, -0.1) is 0 Å². The average Bonchev–Trinajstić information content (AvgIpc) is 2.52. The van der Waals surface area contributed by atoms with Crippen molar-refractivity contribution in [3.8, 4) is 11.5 Å². The van der Waals surface area contributed by atoms with Gasteiger partial charge in [-0.05, 0) is 35.9 Å². The Kier molecular flexibility index (Phi) is 5.76. The number of hydrogen-bond donors (Lipinski definition) is 1. The van der Waals surface area contributed by atoms with Gasteiger partial charge in [-0.25, -0.2) is 9.18 Å². The van der Waals surface area contributed by atoms with Gasteiger partial charge in [0.05, 0.1) is 7.11 Å². The predicted molar refractivity (Wildman–Crippen MR) is 88.1 cm³/mol. The van der Waals surface area contributed by atoms with Crippen LogP contribution in [0.15, 0.2) is 46.9 Å². The van der Waals surface area contributed by atoms with Crippen molar-refractivity contribution in [2.24, 2.45) is 0 Å². The second-order valence-electron chi connectivity index (χ2n) is 4.61. The third-order valence-corrected chi connectivity index (χ3v) is 3.43. The highest BCUT2D eigenvalue weighted by Crippen LogP contribution is 2.36. The number of benzene rings is 2. The molecule has 6 heteroatoms. The molecule has 1 N–H and O–H groups in total. The van der Waals surface area contributed by atoms with Gasteiger partial charge in [-0.2, -0.15) is 0 Å². The Morgan fingerprint density at radius 3 is 2.61 bits per heavy atom. The van der Waals surface area contributed by atoms with Gasteiger partial charge in [0.15, 0.2) is 11.5 Å². The summed E-state index contributed by atoms with van der Waals surface area (Å²) in [6.07, 6.45) is 2.45. The van der Waals surface area contributed by atoms with E-state index in [0.717, 1.165) is 16.1 Å². The fourth-order valence-electron chi connectivity index (χ4n) is 1.92. The molecule has 0 aliphatic carbocycles. The first-order valence-corrected chi connectivity index (χ1v) is 7.44. The van der Waals surface area contributed by atoms with Crippen molar-refractivity contribution in [2.75, 3.05) is 7.11 Å². The van der Waals surface area contributed by atoms with Crippen LogP contribution in [0.1, 0.15) is 11.1 Å². The Morgan fingerprint density at radius 2 is 2.00 bits per heavy atom. The number of methoxy groups -OCH3 is 1. The summed E-state index contributed by atoms with van der Waals surface area (Å²) in [5, 5.41) is 8.79. The van der Waals surface area contributed by atoms with Crippen molar-refractivity contribution in [2.45, 2.75) is 6.61 Å². The van der Waals surface area contributed by atoms with E-state index in [1.165, 1.54) is 25.3 Å². The van der Waals surface area contributed by atoms with Gasteiger partial charge in [0.2, 0.25) is 0 Å². The van der Waals surface area contributed by atoms with E-state index in [1.807, 2.05) is 0 Å². The van der Waals surface area contributed by atoms with E-state index >= 15 is 0 Å². The summed E-state index contributed by atoms with van der Waals surface area (Å²) in [5.74, 6) is -0.502. The van der Waals surface area contributed by atoms with Crippen molar-refractivity contribution in [1.29, 1.82) is 0 Å². The lowest BCUT2D eigenvalue weighted by molar-refractivity contribution is -0.131. The molecular formula is C17H14BrFO4. The summed E-state index contributed by atoms with van der Waals surface area (Å²) in [6.45, 7) is 0.201. The highest BCUT2D eigenvalue weighted by atomic mass is 79.9. The second-order valence-corrected chi connectivity index (χ2v) is 5.53. The molecule has 0 heterocycles. The lowest BCUT2D eigenvalue weighted by Gasteiger charge is -2.14. The third kappa shape index (κ3) is 4.82. The quantitative estimate of drug-likeness (QED) is 0.760. The highest BCUT2D eigenvalue weighted by molar-refractivity contribution is 9.10. The molecule has 0 saturated heterocycles. The highest BCUT2D eigenvalue weighted by Gasteiger charge is 2.12. The van der Waals surface area contributed by atoms with Crippen LogP contribution in [0, 0.1) is 5.82 Å². The van der Waals surface area contributed by atoms with E-state index in [4.69, 9.17) is 14.6 Å². The number of hydrogen-bond acceptors (Lipinski definition) is 3. The van der Waals surface area contributed by atoms with Crippen molar-refractivity contribution in [1.82, 2.24) is 0 Å². The Morgan fingerprint density at radius 1 is 1.30 bits per heavy atom. The fourth-order valence-corrected chi connectivity index (χ4v) is 2.37. The van der Waals surface area contributed by atoms with Crippen LogP contribution in [0.3, 0.4) is 0 Å². The molecule has 23 heavy (non-hydrogen) atoms. The molecule has 0 saturated carbocycles. The van der Waals surface area contributed by atoms with Crippen LogP contribution in [-0.2, 0) is 11.4 Å². The van der Waals surface area contributed by atoms with Crippen molar-refractivity contribution >= 4 is 28.0 Å². The van der Waals surface area contributed by atoms with Gasteiger partial charge >= 0.3 is 5.97 Å². The molecule has 0 aromatic heterocycles. The molecular weight excluding hydrogens is 367 g/mol. The predicted octanol–water partition coefficient (Wildman–Crippen LogP) is 4.27. The maximum absolute atomic E-state index is 12.9. The monoisotopic (exact) mass is 380 g/mol. The number of carbonyl (C=O) groups is 1. The molecule has 120 valence electrons. The SMILES string of the molecule is COc1cc(Br)cc(C=CC(=O)O)c1OCc1ccc(F)cc1. The Bertz CT molecular complexity index is 726. The second kappa shape index (κ2) is 7.78. The number of carboxylic acids is 1. The zero-order chi connectivity index (χ0) is 16.8. The summed E-state index contributed by atoms with van der Waals surface area (Å²) < 4.78 is 24.7. The van der Waals surface area contributed by atoms with Crippen molar-refractivity contribution in [3.05, 3.63) is 63.9 Å². The molecule has 2 rings (SSSR count). The molecule has 0 spiro atoms. The molecule has 4 nitrogen and oxygen atoms in total. The van der Waals surface area contributed by atoms with Gasteiger partial charge in [0.25, 0.3) is 0 Å². The molecule has 0 radical (unpaired) electrons. The summed E-state index contributed by atoms with van der Waals surface area (Å²) in [4.78, 5) is 10.7. The van der Waals surface area contributed by atoms with E-state index in [0.29, 0.717) is 17.1 Å². The maximum Gasteiger partial charge on any atom is 0.328 e. The van der Waals surface area contributed by atoms with Gasteiger partial charge in [0.1, 0.15) is 12.4 Å². The zero-order valence-electron chi connectivity index (χ0n) is 12.3. The lowest BCUT2D eigenvalue weighted by Crippen LogP contribution is -2.00. The van der Waals surface area contributed by atoms with Gasteiger partial charge in [0, 0.05) is 16.1 Å². The van der Waals surface area contributed by atoms with Crippen LogP contribution in [-0.4, -0.2) is 18.2 Å². The van der Waals surface area contributed by atoms with Crippen LogP contribution in [0.5, 0.6) is 11.5 Å². The van der Waals surface area contributed by atoms with E-state index in [-0.39, 0.29) is 12.4 Å². The van der Waals surface area contributed by atoms with Gasteiger partial charge in [-0.3, -0.25) is 0 Å². The van der Waals surface area contributed by atoms with E-state index in [2.05, 4.69) is 15.9 Å². The van der Waals surface area contributed by atoms with Crippen LogP contribution in [0.4, 0.5) is 4.39 Å². The molecule has 0 atom stereocenters. The maximum atomic E-state index is 12.9. The van der Waals surface area contributed by atoms with Crippen LogP contribution in [0.25, 0.3) is 6.08 Å². The minimum atomic E-state index is -1.06. The zero-order valence-corrected chi connectivity index (χ0v) is 13.8. The minimum absolute atomic E-state index is 0.201. The topological polar surface area (TPSA) is 55.8 Å². The average molecular weight is 381 g/mol. The largest absolute Gasteiger partial charge is 0.493 e. The molecule has 0 amide bonds. The number of rotatable bonds is 6. The Balaban J connectivity index is 2.30. The molecule has 0 unspecified atom stereocenters. The Hall–Kier alpha value is -2.34. The third-order valence-electron chi connectivity index (χ3n) is 2.97. The van der Waals surface area contributed by atoms with Crippen LogP contribution < -0.4 is 9.47 Å². The number of halogens is 2. The van der Waals surface area contributed by atoms with Crippen LogP contribution in [0.2, 0.25) is 0 Å². The number of aliphatic carboxylic acids is 1. The first-order valence-electron chi connectivity index (χ1n) is 6.65. The molecule has 2 aromatic carbocycles. The summed E-state index contributed by atoms with van der Waals surface area (Å²) in [6, 6.07) is 9.38. The molecule has 2 aromatic rings. The van der Waals surface area contributed by atoms with Crippen LogP contribution >= 0.6 is 15.9 Å². The van der Waals surface area contributed by atoms with Gasteiger partial charge in [-0.1, -0.05) is 28.1 Å². The summed E-state index contributed by atoms with van der Waals surface area (Å²) in [5.41, 5.74) is 1.34. The van der Waals surface area contributed by atoms with E-state index in [9.17, 15) is 9.18 Å². The number of carboxylic acid groups (broad SMARTS) is 1. The first kappa shape index (κ1) is 17.0. The lowest BCUT2D eigenvalue weighted by atomic mass is 10.1.